The molecule has 3 heterocycles. The minimum absolute atomic E-state index is 0.192. The van der Waals surface area contributed by atoms with Gasteiger partial charge in [0.15, 0.2) is 0 Å². The van der Waals surface area contributed by atoms with Crippen LogP contribution in [-0.2, 0) is 0 Å². The number of halogens is 1. The van der Waals surface area contributed by atoms with Gasteiger partial charge in [0.1, 0.15) is 24.2 Å². The lowest BCUT2D eigenvalue weighted by Gasteiger charge is -2.39. The second-order valence-corrected chi connectivity index (χ2v) is 8.85. The van der Waals surface area contributed by atoms with Gasteiger partial charge in [0.25, 0.3) is 0 Å². The van der Waals surface area contributed by atoms with E-state index in [9.17, 15) is 0 Å². The van der Waals surface area contributed by atoms with Crippen molar-refractivity contribution in [3.8, 4) is 5.75 Å². The van der Waals surface area contributed by atoms with Gasteiger partial charge in [0.2, 0.25) is 5.95 Å². The molecule has 6 rings (SSSR count). The zero-order valence-corrected chi connectivity index (χ0v) is 19.0. The number of hydrogen-bond acceptors (Lipinski definition) is 5. The number of para-hydroxylation sites is 1. The van der Waals surface area contributed by atoms with Crippen LogP contribution in [0.5, 0.6) is 5.75 Å². The summed E-state index contributed by atoms with van der Waals surface area (Å²) in [4.78, 5) is 6.57. The highest BCUT2D eigenvalue weighted by Gasteiger charge is 2.40. The number of rotatable bonds is 3. The van der Waals surface area contributed by atoms with Crippen molar-refractivity contribution in [2.45, 2.75) is 12.1 Å². The van der Waals surface area contributed by atoms with Gasteiger partial charge in [-0.2, -0.15) is 10.1 Å². The van der Waals surface area contributed by atoms with Gasteiger partial charge >= 0.3 is 0 Å². The fourth-order valence-electron chi connectivity index (χ4n) is 4.61. The van der Waals surface area contributed by atoms with Gasteiger partial charge in [-0.05, 0) is 47.5 Å². The highest BCUT2D eigenvalue weighted by Crippen LogP contribution is 2.50. The number of anilines is 2. The summed E-state index contributed by atoms with van der Waals surface area (Å²) in [6.07, 6.45) is 1.29. The van der Waals surface area contributed by atoms with E-state index in [4.69, 9.17) is 16.3 Å². The second kappa shape index (κ2) is 7.67. The largest absolute Gasteiger partial charge is 0.480 e. The Morgan fingerprint density at radius 2 is 1.67 bits per heavy atom. The number of nitrogens with zero attached hydrogens (tertiary/aromatic N) is 4. The van der Waals surface area contributed by atoms with Crippen molar-refractivity contribution in [2.75, 3.05) is 24.3 Å². The van der Waals surface area contributed by atoms with Crippen LogP contribution in [0, 0.1) is 0 Å². The van der Waals surface area contributed by atoms with Gasteiger partial charge < -0.3 is 15.0 Å². The van der Waals surface area contributed by atoms with E-state index >= 15 is 0 Å². The molecule has 0 fully saturated rings. The molecule has 1 N–H and O–H groups in total. The molecule has 4 aromatic rings. The first kappa shape index (κ1) is 19.9. The Morgan fingerprint density at radius 3 is 2.42 bits per heavy atom. The van der Waals surface area contributed by atoms with Gasteiger partial charge in [-0.25, -0.2) is 4.68 Å². The lowest BCUT2D eigenvalue weighted by atomic mass is 9.84. The van der Waals surface area contributed by atoms with Crippen LogP contribution in [0.1, 0.15) is 28.8 Å². The van der Waals surface area contributed by atoms with E-state index in [1.54, 1.807) is 6.33 Å². The molecule has 2 atom stereocenters. The minimum Gasteiger partial charge on any atom is -0.480 e. The normalized spacial score (nSPS) is 18.5. The van der Waals surface area contributed by atoms with Crippen molar-refractivity contribution in [1.82, 2.24) is 14.8 Å². The molecule has 33 heavy (non-hydrogen) atoms. The Labute approximate surface area is 197 Å². The molecule has 6 nitrogen and oxygen atoms in total. The highest BCUT2D eigenvalue weighted by molar-refractivity contribution is 6.30. The van der Waals surface area contributed by atoms with Crippen molar-refractivity contribution < 1.29 is 4.74 Å². The number of benzene rings is 3. The SMILES string of the molecule is CN(C)c1ccc([C@H]2Oc3ccccc3C3=C2[C@H](c2ccc(Cl)cc2)n2ncnc2N3)cc1. The van der Waals surface area contributed by atoms with Gasteiger partial charge in [-0.1, -0.05) is 48.0 Å². The summed E-state index contributed by atoms with van der Waals surface area (Å²) in [7, 11) is 4.08. The van der Waals surface area contributed by atoms with Gasteiger partial charge in [0.05, 0.1) is 5.70 Å². The molecule has 0 unspecified atom stereocenters. The van der Waals surface area contributed by atoms with Crippen LogP contribution in [-0.4, -0.2) is 28.9 Å². The van der Waals surface area contributed by atoms with E-state index < -0.39 is 0 Å². The van der Waals surface area contributed by atoms with E-state index in [2.05, 4.69) is 50.6 Å². The second-order valence-electron chi connectivity index (χ2n) is 8.42. The molecule has 0 aliphatic carbocycles. The summed E-state index contributed by atoms with van der Waals surface area (Å²) < 4.78 is 8.57. The summed E-state index contributed by atoms with van der Waals surface area (Å²) in [6, 6.07) is 24.3. The number of hydrogen-bond donors (Lipinski definition) is 1. The zero-order chi connectivity index (χ0) is 22.5. The first-order chi connectivity index (χ1) is 16.1. The molecular weight excluding hydrogens is 434 g/mol. The smallest absolute Gasteiger partial charge is 0.226 e. The predicted octanol–water partition coefficient (Wildman–Crippen LogP) is 5.56. The van der Waals surface area contributed by atoms with Crippen LogP contribution < -0.4 is 15.0 Å². The number of nitrogens with one attached hydrogen (secondary N) is 1. The third-order valence-corrected chi connectivity index (χ3v) is 6.47. The maximum atomic E-state index is 6.66. The maximum Gasteiger partial charge on any atom is 0.226 e. The number of aromatic nitrogens is 3. The monoisotopic (exact) mass is 455 g/mol. The molecule has 0 saturated carbocycles. The van der Waals surface area contributed by atoms with Crippen LogP contribution in [0.15, 0.2) is 84.7 Å². The molecule has 0 bridgehead atoms. The average molecular weight is 456 g/mol. The Bertz CT molecular complexity index is 1360. The molecule has 0 spiro atoms. The summed E-state index contributed by atoms with van der Waals surface area (Å²) >= 11 is 6.21. The molecule has 164 valence electrons. The highest BCUT2D eigenvalue weighted by atomic mass is 35.5. The van der Waals surface area contributed by atoms with Crippen LogP contribution in [0.25, 0.3) is 5.70 Å². The van der Waals surface area contributed by atoms with Crippen molar-refractivity contribution in [2.24, 2.45) is 0 Å². The minimum atomic E-state index is -0.295. The van der Waals surface area contributed by atoms with Gasteiger partial charge in [-0.3, -0.25) is 0 Å². The molecule has 3 aromatic carbocycles. The fraction of sp³-hybridized carbons (Fsp3) is 0.154. The van der Waals surface area contributed by atoms with E-state index in [0.29, 0.717) is 11.0 Å². The molecule has 0 radical (unpaired) electrons. The first-order valence-electron chi connectivity index (χ1n) is 10.8. The first-order valence-corrected chi connectivity index (χ1v) is 11.2. The molecule has 2 aliphatic heterocycles. The Balaban J connectivity index is 1.58. The van der Waals surface area contributed by atoms with E-state index in [1.165, 1.54) is 0 Å². The van der Waals surface area contributed by atoms with E-state index in [0.717, 1.165) is 39.4 Å². The average Bonchev–Trinajstić information content (AvgIpc) is 3.31. The van der Waals surface area contributed by atoms with Crippen LogP contribution in [0.2, 0.25) is 5.02 Å². The summed E-state index contributed by atoms with van der Waals surface area (Å²) in [5.41, 5.74) is 6.40. The van der Waals surface area contributed by atoms with Crippen molar-refractivity contribution in [3.05, 3.63) is 106 Å². The molecular formula is C26H22ClN5O. The van der Waals surface area contributed by atoms with Crippen LogP contribution >= 0.6 is 11.6 Å². The predicted molar refractivity (Wildman–Crippen MR) is 131 cm³/mol. The topological polar surface area (TPSA) is 55.2 Å². The zero-order valence-electron chi connectivity index (χ0n) is 18.2. The molecule has 1 aromatic heterocycles. The Hall–Kier alpha value is -3.77. The van der Waals surface area contributed by atoms with Crippen molar-refractivity contribution in [1.29, 1.82) is 0 Å². The van der Waals surface area contributed by atoms with Crippen LogP contribution in [0.3, 0.4) is 0 Å². The van der Waals surface area contributed by atoms with Crippen LogP contribution in [0.4, 0.5) is 11.6 Å². The third-order valence-electron chi connectivity index (χ3n) is 6.22. The van der Waals surface area contributed by atoms with Crippen molar-refractivity contribution in [3.63, 3.8) is 0 Å². The molecule has 2 aliphatic rings. The standard InChI is InChI=1S/C26H22ClN5O/c1-31(2)19-13-9-17(10-14-19)25-22-23(20-5-3-4-6-21(20)33-25)30-26-28-15-29-32(26)24(22)16-7-11-18(27)12-8-16/h3-15,24-25H,1-2H3,(H,28,29,30)/t24-,25+/m0/s1. The van der Waals surface area contributed by atoms with E-state index in [1.807, 2.05) is 61.2 Å². The third kappa shape index (κ3) is 3.26. The Kier molecular flexibility index (Phi) is 4.62. The molecule has 0 saturated heterocycles. The van der Waals surface area contributed by atoms with Gasteiger partial charge in [0, 0.05) is 35.9 Å². The maximum absolute atomic E-state index is 6.66. The van der Waals surface area contributed by atoms with Gasteiger partial charge in [-0.15, -0.1) is 0 Å². The number of fused-ring (bicyclic) bond motifs is 3. The summed E-state index contributed by atoms with van der Waals surface area (Å²) in [5.74, 6) is 1.54. The fourth-order valence-corrected chi connectivity index (χ4v) is 4.73. The van der Waals surface area contributed by atoms with E-state index in [-0.39, 0.29) is 12.1 Å². The lowest BCUT2D eigenvalue weighted by Crippen LogP contribution is -2.32. The molecule has 0 amide bonds. The molecule has 7 heteroatoms. The van der Waals surface area contributed by atoms with Crippen molar-refractivity contribution >= 4 is 28.9 Å². The summed E-state index contributed by atoms with van der Waals surface area (Å²) in [5, 5.41) is 8.79. The summed E-state index contributed by atoms with van der Waals surface area (Å²) in [6.45, 7) is 0. The Morgan fingerprint density at radius 1 is 0.939 bits per heavy atom. The quantitative estimate of drug-likeness (QED) is 0.438. The lowest BCUT2D eigenvalue weighted by molar-refractivity contribution is 0.223. The number of ether oxygens (including phenoxy) is 1.